The Kier molecular flexibility index (Phi) is 7.10. The van der Waals surface area contributed by atoms with Gasteiger partial charge in [0.25, 0.3) is 0 Å². The summed E-state index contributed by atoms with van der Waals surface area (Å²) in [7, 11) is 1.87. The predicted octanol–water partition coefficient (Wildman–Crippen LogP) is 5.17. The summed E-state index contributed by atoms with van der Waals surface area (Å²) in [6.45, 7) is 6.43. The Morgan fingerprint density at radius 2 is 1.85 bits per heavy atom. The summed E-state index contributed by atoms with van der Waals surface area (Å²) in [5.41, 5.74) is 5.35. The van der Waals surface area contributed by atoms with Gasteiger partial charge in [0.15, 0.2) is 16.1 Å². The van der Waals surface area contributed by atoms with E-state index in [4.69, 9.17) is 4.74 Å². The van der Waals surface area contributed by atoms with Crippen molar-refractivity contribution in [3.63, 3.8) is 0 Å². The Morgan fingerprint density at radius 3 is 2.61 bits per heavy atom. The number of aryl methyl sites for hydroxylation is 3. The second-order valence-electron chi connectivity index (χ2n) is 7.76. The maximum absolute atomic E-state index is 12.4. The number of nitrogens with one attached hydrogen (secondary N) is 1. The first kappa shape index (κ1) is 23.0. The predicted molar refractivity (Wildman–Crippen MR) is 133 cm³/mol. The van der Waals surface area contributed by atoms with E-state index in [1.165, 1.54) is 34.2 Å². The molecular weight excluding hydrogens is 454 g/mol. The third-order valence-electron chi connectivity index (χ3n) is 5.04. The largest absolute Gasteiger partial charge is 0.485 e. The van der Waals surface area contributed by atoms with Gasteiger partial charge < -0.3 is 14.6 Å². The van der Waals surface area contributed by atoms with E-state index in [1.807, 2.05) is 67.2 Å². The second kappa shape index (κ2) is 10.2. The molecule has 0 atom stereocenters. The number of ether oxygens (including phenoxy) is 1. The Hall–Kier alpha value is -3.17. The number of carbonyl (C=O) groups is 1. The molecule has 0 saturated carbocycles. The Bertz CT molecular complexity index is 1260. The number of hydrogen-bond acceptors (Lipinski definition) is 7. The summed E-state index contributed by atoms with van der Waals surface area (Å²) in [6, 6.07) is 14.2. The van der Waals surface area contributed by atoms with Crippen molar-refractivity contribution in [1.82, 2.24) is 19.7 Å². The van der Waals surface area contributed by atoms with Gasteiger partial charge in [0, 0.05) is 18.0 Å². The molecule has 9 heteroatoms. The maximum atomic E-state index is 12.4. The minimum Gasteiger partial charge on any atom is -0.485 e. The number of rotatable bonds is 8. The van der Waals surface area contributed by atoms with Crippen LogP contribution in [0.25, 0.3) is 11.3 Å². The van der Waals surface area contributed by atoms with Gasteiger partial charge in [-0.3, -0.25) is 4.79 Å². The number of nitrogens with zero attached hydrogens (tertiary/aromatic N) is 4. The van der Waals surface area contributed by atoms with Crippen molar-refractivity contribution in [2.45, 2.75) is 32.5 Å². The quantitative estimate of drug-likeness (QED) is 0.351. The van der Waals surface area contributed by atoms with Gasteiger partial charge in [-0.05, 0) is 32.4 Å². The van der Waals surface area contributed by atoms with Crippen molar-refractivity contribution < 1.29 is 9.53 Å². The molecule has 0 aliphatic rings. The monoisotopic (exact) mass is 479 g/mol. The van der Waals surface area contributed by atoms with Crippen LogP contribution in [0.1, 0.15) is 22.5 Å². The van der Waals surface area contributed by atoms with Crippen molar-refractivity contribution >= 4 is 34.1 Å². The van der Waals surface area contributed by atoms with Gasteiger partial charge in [-0.2, -0.15) is 0 Å². The van der Waals surface area contributed by atoms with Crippen LogP contribution >= 0.6 is 23.1 Å². The molecule has 2 heterocycles. The van der Waals surface area contributed by atoms with Crippen LogP contribution in [0.3, 0.4) is 0 Å². The topological polar surface area (TPSA) is 81.9 Å². The van der Waals surface area contributed by atoms with Crippen LogP contribution < -0.4 is 10.1 Å². The van der Waals surface area contributed by atoms with E-state index >= 15 is 0 Å². The van der Waals surface area contributed by atoms with Crippen molar-refractivity contribution in [2.24, 2.45) is 7.05 Å². The molecule has 0 saturated heterocycles. The highest BCUT2D eigenvalue weighted by Gasteiger charge is 2.14. The molecule has 0 aliphatic heterocycles. The molecule has 0 spiro atoms. The van der Waals surface area contributed by atoms with Crippen LogP contribution in [0, 0.1) is 20.8 Å². The van der Waals surface area contributed by atoms with Crippen LogP contribution in [0.5, 0.6) is 5.75 Å². The van der Waals surface area contributed by atoms with Crippen molar-refractivity contribution in [3.8, 4) is 17.0 Å². The molecule has 2 aromatic heterocycles. The maximum Gasteiger partial charge on any atom is 0.236 e. The van der Waals surface area contributed by atoms with E-state index in [0.717, 1.165) is 22.6 Å². The highest BCUT2D eigenvalue weighted by Crippen LogP contribution is 2.26. The molecule has 4 rings (SSSR count). The smallest absolute Gasteiger partial charge is 0.236 e. The third-order valence-corrected chi connectivity index (χ3v) is 6.82. The fourth-order valence-electron chi connectivity index (χ4n) is 3.17. The second-order valence-corrected chi connectivity index (χ2v) is 9.56. The van der Waals surface area contributed by atoms with Crippen LogP contribution in [0.4, 0.5) is 5.13 Å². The average molecular weight is 480 g/mol. The molecule has 2 aromatic carbocycles. The number of thiazole rings is 1. The number of amides is 1. The van der Waals surface area contributed by atoms with E-state index in [-0.39, 0.29) is 11.7 Å². The summed E-state index contributed by atoms with van der Waals surface area (Å²) in [4.78, 5) is 16.9. The minimum absolute atomic E-state index is 0.138. The molecule has 0 bridgehead atoms. The lowest BCUT2D eigenvalue weighted by Gasteiger charge is -2.09. The van der Waals surface area contributed by atoms with Crippen LogP contribution in [-0.2, 0) is 18.4 Å². The number of benzene rings is 2. The summed E-state index contributed by atoms with van der Waals surface area (Å²) >= 11 is 2.74. The first-order chi connectivity index (χ1) is 15.9. The molecule has 7 nitrogen and oxygen atoms in total. The van der Waals surface area contributed by atoms with Gasteiger partial charge >= 0.3 is 0 Å². The van der Waals surface area contributed by atoms with Gasteiger partial charge in [0.2, 0.25) is 5.91 Å². The molecule has 33 heavy (non-hydrogen) atoms. The molecule has 0 fully saturated rings. The molecule has 4 aromatic rings. The Labute approximate surface area is 201 Å². The number of anilines is 1. The number of thioether (sulfide) groups is 1. The summed E-state index contributed by atoms with van der Waals surface area (Å²) in [5.74, 6) is 1.59. The highest BCUT2D eigenvalue weighted by atomic mass is 32.2. The van der Waals surface area contributed by atoms with E-state index in [2.05, 4.69) is 33.5 Å². The van der Waals surface area contributed by atoms with Crippen LogP contribution in [0.15, 0.2) is 53.0 Å². The molecular formula is C24H25N5O2S2. The fourth-order valence-corrected chi connectivity index (χ4v) is 4.64. The van der Waals surface area contributed by atoms with Gasteiger partial charge in [-0.15, -0.1) is 21.5 Å². The Balaban J connectivity index is 1.30. The zero-order valence-electron chi connectivity index (χ0n) is 19.0. The molecule has 1 N–H and O–H groups in total. The lowest BCUT2D eigenvalue weighted by Crippen LogP contribution is -2.14. The molecule has 0 radical (unpaired) electrons. The van der Waals surface area contributed by atoms with E-state index in [9.17, 15) is 4.79 Å². The van der Waals surface area contributed by atoms with Gasteiger partial charge in [-0.1, -0.05) is 59.3 Å². The van der Waals surface area contributed by atoms with Gasteiger partial charge in [0.1, 0.15) is 12.4 Å². The first-order valence-corrected chi connectivity index (χ1v) is 12.3. The van der Waals surface area contributed by atoms with Gasteiger partial charge in [0.05, 0.1) is 11.4 Å². The highest BCUT2D eigenvalue weighted by molar-refractivity contribution is 7.99. The fraction of sp³-hybridized carbons (Fsp3) is 0.250. The van der Waals surface area contributed by atoms with E-state index in [0.29, 0.717) is 22.7 Å². The number of aromatic nitrogens is 4. The summed E-state index contributed by atoms with van der Waals surface area (Å²) in [5, 5.41) is 14.4. The lowest BCUT2D eigenvalue weighted by atomic mass is 10.1. The zero-order chi connectivity index (χ0) is 23.4. The number of hydrogen-bond donors (Lipinski definition) is 1. The minimum atomic E-state index is -0.138. The average Bonchev–Trinajstić information content (AvgIpc) is 3.39. The molecule has 0 unspecified atom stereocenters. The van der Waals surface area contributed by atoms with Crippen LogP contribution in [0.2, 0.25) is 0 Å². The third kappa shape index (κ3) is 5.80. The Morgan fingerprint density at radius 1 is 1.09 bits per heavy atom. The van der Waals surface area contributed by atoms with E-state index in [1.54, 1.807) is 0 Å². The molecule has 0 aliphatic carbocycles. The molecule has 1 amide bonds. The first-order valence-electron chi connectivity index (χ1n) is 10.4. The lowest BCUT2D eigenvalue weighted by molar-refractivity contribution is -0.113. The SMILES string of the molecule is Cc1ccc(-c2csc(NC(=O)CSc3nnc(COc4ccc(C)cc4C)n3C)n2)cc1. The van der Waals surface area contributed by atoms with Gasteiger partial charge in [-0.25, -0.2) is 4.98 Å². The normalized spacial score (nSPS) is 10.9. The summed E-state index contributed by atoms with van der Waals surface area (Å²) in [6.07, 6.45) is 0. The van der Waals surface area contributed by atoms with Crippen LogP contribution in [-0.4, -0.2) is 31.4 Å². The molecule has 170 valence electrons. The van der Waals surface area contributed by atoms with Crippen molar-refractivity contribution in [2.75, 3.05) is 11.1 Å². The zero-order valence-corrected chi connectivity index (χ0v) is 20.6. The van der Waals surface area contributed by atoms with E-state index < -0.39 is 0 Å². The van der Waals surface area contributed by atoms with Crippen molar-refractivity contribution in [3.05, 3.63) is 70.4 Å². The number of carbonyl (C=O) groups excluding carboxylic acids is 1. The summed E-state index contributed by atoms with van der Waals surface area (Å²) < 4.78 is 7.75. The standard InChI is InChI=1S/C24H25N5O2S2/c1-15-5-8-18(9-6-15)19-13-32-23(25-19)26-22(30)14-33-24-28-27-21(29(24)4)12-31-20-10-7-16(2)11-17(20)3/h5-11,13H,12,14H2,1-4H3,(H,25,26,30). The van der Waals surface area contributed by atoms with Crippen molar-refractivity contribution in [1.29, 1.82) is 0 Å².